The number of anilines is 2. The number of hydrazone groups is 1. The molecule has 0 spiro atoms. The quantitative estimate of drug-likeness (QED) is 0.313. The first-order valence-corrected chi connectivity index (χ1v) is 7.68. The molecule has 1 atom stereocenters. The fourth-order valence-electron chi connectivity index (χ4n) is 2.48. The van der Waals surface area contributed by atoms with Crippen molar-refractivity contribution in [1.29, 1.82) is 0 Å². The van der Waals surface area contributed by atoms with Crippen molar-refractivity contribution in [3.05, 3.63) is 59.7 Å². The van der Waals surface area contributed by atoms with Gasteiger partial charge in [-0.15, -0.1) is 0 Å². The molecule has 2 rings (SSSR count). The molecule has 0 bridgehead atoms. The van der Waals surface area contributed by atoms with Gasteiger partial charge in [-0.1, -0.05) is 24.3 Å². The Kier molecular flexibility index (Phi) is 5.78. The molecule has 0 amide bonds. The molecule has 0 fully saturated rings. The number of nitrogens with two attached hydrogens (primary N) is 2. The highest BCUT2D eigenvalue weighted by atomic mass is 16.4. The standard InChI is InChI=1S/C18H22N4O2/c1-13(18(23)24)22(10-9-14-5-7-16(19)8-6-14)17-4-2-3-15(11-17)12-21-20/h2-8,11-13H,9-10,19-20H2,1H3,(H,23,24). The minimum Gasteiger partial charge on any atom is -0.480 e. The summed E-state index contributed by atoms with van der Waals surface area (Å²) in [6.45, 7) is 2.25. The molecule has 5 N–H and O–H groups in total. The maximum absolute atomic E-state index is 11.5. The van der Waals surface area contributed by atoms with Crippen LogP contribution in [0.4, 0.5) is 11.4 Å². The van der Waals surface area contributed by atoms with E-state index in [1.54, 1.807) is 6.92 Å². The summed E-state index contributed by atoms with van der Waals surface area (Å²) in [5.41, 5.74) is 9.15. The molecule has 1 unspecified atom stereocenters. The number of benzene rings is 2. The van der Waals surface area contributed by atoms with Crippen LogP contribution in [0.2, 0.25) is 0 Å². The predicted octanol–water partition coefficient (Wildman–Crippen LogP) is 2.08. The van der Waals surface area contributed by atoms with Gasteiger partial charge in [0.2, 0.25) is 0 Å². The summed E-state index contributed by atoms with van der Waals surface area (Å²) in [5, 5.41) is 12.9. The van der Waals surface area contributed by atoms with E-state index in [2.05, 4.69) is 5.10 Å². The van der Waals surface area contributed by atoms with Crippen LogP contribution in [-0.2, 0) is 11.2 Å². The molecule has 0 saturated heterocycles. The Labute approximate surface area is 141 Å². The molecule has 0 saturated carbocycles. The Morgan fingerprint density at radius 2 is 2.00 bits per heavy atom. The van der Waals surface area contributed by atoms with E-state index in [1.807, 2.05) is 53.4 Å². The maximum Gasteiger partial charge on any atom is 0.326 e. The first-order valence-electron chi connectivity index (χ1n) is 7.68. The van der Waals surface area contributed by atoms with Gasteiger partial charge in [0.05, 0.1) is 6.21 Å². The summed E-state index contributed by atoms with van der Waals surface area (Å²) in [4.78, 5) is 13.3. The number of carboxylic acids is 1. The second-order valence-corrected chi connectivity index (χ2v) is 5.57. The average molecular weight is 326 g/mol. The second-order valence-electron chi connectivity index (χ2n) is 5.57. The minimum absolute atomic E-state index is 0.570. The van der Waals surface area contributed by atoms with Crippen LogP contribution < -0.4 is 16.5 Å². The van der Waals surface area contributed by atoms with Crippen molar-refractivity contribution in [1.82, 2.24) is 0 Å². The first kappa shape index (κ1) is 17.3. The van der Waals surface area contributed by atoms with Crippen molar-refractivity contribution in [2.45, 2.75) is 19.4 Å². The molecule has 0 aromatic heterocycles. The SMILES string of the molecule is CC(C(=O)O)N(CCc1ccc(N)cc1)c1cccc(C=NN)c1. The lowest BCUT2D eigenvalue weighted by Gasteiger charge is -2.29. The van der Waals surface area contributed by atoms with Crippen molar-refractivity contribution in [3.8, 4) is 0 Å². The number of carbonyl (C=O) groups is 1. The summed E-state index contributed by atoms with van der Waals surface area (Å²) in [7, 11) is 0. The number of aliphatic carboxylic acids is 1. The van der Waals surface area contributed by atoms with Crippen LogP contribution in [0.25, 0.3) is 0 Å². The minimum atomic E-state index is -0.870. The fourth-order valence-corrected chi connectivity index (χ4v) is 2.48. The molecule has 126 valence electrons. The molecule has 24 heavy (non-hydrogen) atoms. The fraction of sp³-hybridized carbons (Fsp3) is 0.222. The monoisotopic (exact) mass is 326 g/mol. The molecule has 2 aromatic carbocycles. The number of carboxylic acid groups (broad SMARTS) is 1. The van der Waals surface area contributed by atoms with Gasteiger partial charge >= 0.3 is 5.97 Å². The van der Waals surface area contributed by atoms with Crippen molar-refractivity contribution >= 4 is 23.6 Å². The van der Waals surface area contributed by atoms with Crippen LogP contribution in [0.1, 0.15) is 18.1 Å². The third-order valence-electron chi connectivity index (χ3n) is 3.87. The maximum atomic E-state index is 11.5. The van der Waals surface area contributed by atoms with Gasteiger partial charge in [0.1, 0.15) is 6.04 Å². The molecule has 0 radical (unpaired) electrons. The summed E-state index contributed by atoms with van der Waals surface area (Å²) in [5.74, 6) is 4.32. The summed E-state index contributed by atoms with van der Waals surface area (Å²) in [6, 6.07) is 14.4. The lowest BCUT2D eigenvalue weighted by atomic mass is 10.1. The van der Waals surface area contributed by atoms with Crippen molar-refractivity contribution in [2.75, 3.05) is 17.2 Å². The highest BCUT2D eigenvalue weighted by Crippen LogP contribution is 2.19. The van der Waals surface area contributed by atoms with Crippen molar-refractivity contribution in [2.24, 2.45) is 10.9 Å². The smallest absolute Gasteiger partial charge is 0.326 e. The van der Waals surface area contributed by atoms with E-state index in [0.717, 1.165) is 16.8 Å². The summed E-state index contributed by atoms with van der Waals surface area (Å²) >= 11 is 0. The number of hydrogen-bond donors (Lipinski definition) is 3. The molecular weight excluding hydrogens is 304 g/mol. The highest BCUT2D eigenvalue weighted by Gasteiger charge is 2.21. The van der Waals surface area contributed by atoms with Crippen LogP contribution in [0.3, 0.4) is 0 Å². The van der Waals surface area contributed by atoms with Gasteiger partial charge in [0, 0.05) is 17.9 Å². The van der Waals surface area contributed by atoms with Crippen LogP contribution in [-0.4, -0.2) is 29.9 Å². The second kappa shape index (κ2) is 8.01. The Morgan fingerprint density at radius 3 is 2.62 bits per heavy atom. The highest BCUT2D eigenvalue weighted by molar-refractivity contribution is 5.82. The van der Waals surface area contributed by atoms with Gasteiger partial charge in [-0.25, -0.2) is 4.79 Å². The molecule has 0 aliphatic carbocycles. The van der Waals surface area contributed by atoms with Gasteiger partial charge in [-0.05, 0) is 48.7 Å². The zero-order valence-corrected chi connectivity index (χ0v) is 13.6. The van der Waals surface area contributed by atoms with E-state index in [4.69, 9.17) is 11.6 Å². The van der Waals surface area contributed by atoms with Gasteiger partial charge < -0.3 is 21.6 Å². The molecule has 0 aliphatic heterocycles. The zero-order valence-electron chi connectivity index (χ0n) is 13.6. The molecular formula is C18H22N4O2. The van der Waals surface area contributed by atoms with Crippen LogP contribution in [0, 0.1) is 0 Å². The van der Waals surface area contributed by atoms with E-state index >= 15 is 0 Å². The van der Waals surface area contributed by atoms with E-state index in [-0.39, 0.29) is 0 Å². The van der Waals surface area contributed by atoms with Gasteiger partial charge in [-0.3, -0.25) is 0 Å². The molecule has 6 heteroatoms. The van der Waals surface area contributed by atoms with Crippen LogP contribution >= 0.6 is 0 Å². The topological polar surface area (TPSA) is 105 Å². The summed E-state index contributed by atoms with van der Waals surface area (Å²) in [6.07, 6.45) is 2.25. The third-order valence-corrected chi connectivity index (χ3v) is 3.87. The van der Waals surface area contributed by atoms with Crippen LogP contribution in [0.5, 0.6) is 0 Å². The van der Waals surface area contributed by atoms with E-state index in [9.17, 15) is 9.90 Å². The number of rotatable bonds is 7. The Morgan fingerprint density at radius 1 is 1.29 bits per heavy atom. The van der Waals surface area contributed by atoms with Gasteiger partial charge in [0.25, 0.3) is 0 Å². The summed E-state index contributed by atoms with van der Waals surface area (Å²) < 4.78 is 0. The third kappa shape index (κ3) is 4.49. The molecule has 6 nitrogen and oxygen atoms in total. The number of hydrogen-bond acceptors (Lipinski definition) is 5. The predicted molar refractivity (Wildman–Crippen MR) is 97.2 cm³/mol. The van der Waals surface area contributed by atoms with E-state index in [1.165, 1.54) is 6.21 Å². The van der Waals surface area contributed by atoms with Crippen molar-refractivity contribution in [3.63, 3.8) is 0 Å². The Balaban J connectivity index is 2.22. The Hall–Kier alpha value is -3.02. The Bertz CT molecular complexity index is 713. The van der Waals surface area contributed by atoms with Crippen molar-refractivity contribution < 1.29 is 9.90 Å². The van der Waals surface area contributed by atoms with E-state index < -0.39 is 12.0 Å². The normalized spacial score (nSPS) is 12.2. The lowest BCUT2D eigenvalue weighted by molar-refractivity contribution is -0.138. The van der Waals surface area contributed by atoms with Gasteiger partial charge in [0.15, 0.2) is 0 Å². The van der Waals surface area contributed by atoms with E-state index in [0.29, 0.717) is 18.7 Å². The van der Waals surface area contributed by atoms with Crippen LogP contribution in [0.15, 0.2) is 53.6 Å². The first-order chi connectivity index (χ1) is 11.5. The lowest BCUT2D eigenvalue weighted by Crippen LogP contribution is -2.40. The molecule has 2 aromatic rings. The average Bonchev–Trinajstić information content (AvgIpc) is 2.57. The number of nitrogens with zero attached hydrogens (tertiary/aromatic N) is 2. The molecule has 0 aliphatic rings. The zero-order chi connectivity index (χ0) is 17.5. The number of nitrogen functional groups attached to an aromatic ring is 1. The van der Waals surface area contributed by atoms with Gasteiger partial charge in [-0.2, -0.15) is 5.10 Å². The largest absolute Gasteiger partial charge is 0.480 e. The molecule has 0 heterocycles.